The first-order valence-corrected chi connectivity index (χ1v) is 9.26. The number of amides is 2. The number of piperidine rings is 1. The van der Waals surface area contributed by atoms with Crippen LogP contribution in [0.1, 0.15) is 36.0 Å². The molecule has 0 radical (unpaired) electrons. The highest BCUT2D eigenvalue weighted by Crippen LogP contribution is 2.27. The van der Waals surface area contributed by atoms with Crippen LogP contribution in [0.15, 0.2) is 36.5 Å². The lowest BCUT2D eigenvalue weighted by Crippen LogP contribution is -2.56. The molecule has 1 fully saturated rings. The highest BCUT2D eigenvalue weighted by molar-refractivity contribution is 5.99. The van der Waals surface area contributed by atoms with Crippen molar-refractivity contribution in [2.45, 2.75) is 31.2 Å². The van der Waals surface area contributed by atoms with Crippen LogP contribution >= 0.6 is 0 Å². The van der Waals surface area contributed by atoms with Crippen molar-refractivity contribution in [1.82, 2.24) is 20.4 Å². The van der Waals surface area contributed by atoms with Gasteiger partial charge in [0.15, 0.2) is 0 Å². The molecule has 3 rings (SSSR count). The van der Waals surface area contributed by atoms with Crippen LogP contribution in [0.3, 0.4) is 0 Å². The number of rotatable bonds is 6. The number of benzene rings is 1. The number of nitrogens with zero attached hydrogens (tertiary/aromatic N) is 4. The Hall–Kier alpha value is -3.85. The standard InChI is InChI=1S/C20H21N7O2/c21-10-6-17(28)27-12-8-20(7-11-22,9-13-27)25-19(29)16-14-23-26-18(16)24-15-4-2-1-3-5-15/h1-5,14H,6-9,12-13H2,(H,25,29)(H2,23,24,26). The summed E-state index contributed by atoms with van der Waals surface area (Å²) >= 11 is 0. The van der Waals surface area contributed by atoms with Gasteiger partial charge in [0.25, 0.3) is 5.91 Å². The van der Waals surface area contributed by atoms with E-state index in [9.17, 15) is 14.9 Å². The maximum atomic E-state index is 12.9. The fraction of sp³-hybridized carbons (Fsp3) is 0.350. The van der Waals surface area contributed by atoms with Gasteiger partial charge in [-0.05, 0) is 25.0 Å². The van der Waals surface area contributed by atoms with Crippen LogP contribution in [0.5, 0.6) is 0 Å². The number of aromatic amines is 1. The summed E-state index contributed by atoms with van der Waals surface area (Å²) in [5.74, 6) is -0.111. The first kappa shape index (κ1) is 19.9. The summed E-state index contributed by atoms with van der Waals surface area (Å²) in [7, 11) is 0. The molecule has 0 aliphatic carbocycles. The van der Waals surface area contributed by atoms with E-state index in [-0.39, 0.29) is 24.7 Å². The quantitative estimate of drug-likeness (QED) is 0.689. The molecule has 1 aliphatic rings. The molecule has 2 aromatic rings. The van der Waals surface area contributed by atoms with Crippen LogP contribution in [0.2, 0.25) is 0 Å². The van der Waals surface area contributed by atoms with E-state index in [2.05, 4.69) is 26.9 Å². The van der Waals surface area contributed by atoms with Gasteiger partial charge in [0.2, 0.25) is 5.91 Å². The molecular formula is C20H21N7O2. The minimum absolute atomic E-state index is 0.137. The molecule has 0 saturated carbocycles. The molecule has 1 saturated heterocycles. The molecule has 9 nitrogen and oxygen atoms in total. The number of hydrogen-bond acceptors (Lipinski definition) is 6. The zero-order valence-electron chi connectivity index (χ0n) is 15.8. The second-order valence-corrected chi connectivity index (χ2v) is 6.93. The molecule has 3 N–H and O–H groups in total. The third-order valence-corrected chi connectivity index (χ3v) is 5.03. The molecule has 2 amide bonds. The largest absolute Gasteiger partial charge is 0.345 e. The van der Waals surface area contributed by atoms with Crippen LogP contribution < -0.4 is 10.6 Å². The molecule has 29 heavy (non-hydrogen) atoms. The van der Waals surface area contributed by atoms with Crippen molar-refractivity contribution in [3.05, 3.63) is 42.1 Å². The summed E-state index contributed by atoms with van der Waals surface area (Å²) in [5, 5.41) is 30.8. The molecule has 1 aliphatic heterocycles. The Kier molecular flexibility index (Phi) is 6.10. The van der Waals surface area contributed by atoms with Crippen molar-refractivity contribution in [3.8, 4) is 12.1 Å². The average molecular weight is 391 g/mol. The third kappa shape index (κ3) is 4.71. The lowest BCUT2D eigenvalue weighted by atomic mass is 9.84. The molecule has 1 aromatic carbocycles. The van der Waals surface area contributed by atoms with E-state index < -0.39 is 5.54 Å². The minimum Gasteiger partial charge on any atom is -0.345 e. The predicted octanol–water partition coefficient (Wildman–Crippen LogP) is 2.07. The Morgan fingerprint density at radius 1 is 1.17 bits per heavy atom. The van der Waals surface area contributed by atoms with E-state index in [0.29, 0.717) is 37.3 Å². The van der Waals surface area contributed by atoms with Crippen LogP contribution in [-0.2, 0) is 4.79 Å². The first-order chi connectivity index (χ1) is 14.1. The van der Waals surface area contributed by atoms with Crippen LogP contribution in [-0.4, -0.2) is 45.5 Å². The summed E-state index contributed by atoms with van der Waals surface area (Å²) in [6.07, 6.45) is 2.30. The Bertz CT molecular complexity index is 947. The van der Waals surface area contributed by atoms with Crippen LogP contribution in [0, 0.1) is 22.7 Å². The highest BCUT2D eigenvalue weighted by atomic mass is 16.2. The zero-order chi connectivity index (χ0) is 20.7. The van der Waals surface area contributed by atoms with Crippen molar-refractivity contribution in [3.63, 3.8) is 0 Å². The first-order valence-electron chi connectivity index (χ1n) is 9.26. The van der Waals surface area contributed by atoms with E-state index in [4.69, 9.17) is 5.26 Å². The Labute approximate surface area is 168 Å². The minimum atomic E-state index is -0.726. The van der Waals surface area contributed by atoms with Crippen molar-refractivity contribution >= 4 is 23.3 Å². The van der Waals surface area contributed by atoms with Gasteiger partial charge in [-0.1, -0.05) is 18.2 Å². The monoisotopic (exact) mass is 391 g/mol. The number of nitrogens with one attached hydrogen (secondary N) is 3. The number of anilines is 2. The molecule has 0 atom stereocenters. The Balaban J connectivity index is 1.70. The van der Waals surface area contributed by atoms with Crippen molar-refractivity contribution in [2.24, 2.45) is 0 Å². The van der Waals surface area contributed by atoms with Crippen molar-refractivity contribution in [2.75, 3.05) is 18.4 Å². The zero-order valence-corrected chi connectivity index (χ0v) is 15.8. The van der Waals surface area contributed by atoms with E-state index in [1.165, 1.54) is 6.20 Å². The van der Waals surface area contributed by atoms with E-state index in [0.717, 1.165) is 5.69 Å². The normalized spacial score (nSPS) is 15.0. The van der Waals surface area contributed by atoms with Crippen molar-refractivity contribution < 1.29 is 9.59 Å². The van der Waals surface area contributed by atoms with Crippen LogP contribution in [0.4, 0.5) is 11.5 Å². The molecule has 0 bridgehead atoms. The SMILES string of the molecule is N#CCC(=O)N1CCC(CC#N)(NC(=O)c2cn[nH]c2Nc2ccccc2)CC1. The maximum Gasteiger partial charge on any atom is 0.257 e. The number of carbonyl (C=O) groups is 2. The van der Waals surface area contributed by atoms with Crippen molar-refractivity contribution in [1.29, 1.82) is 10.5 Å². The van der Waals surface area contributed by atoms with E-state index >= 15 is 0 Å². The lowest BCUT2D eigenvalue weighted by Gasteiger charge is -2.41. The third-order valence-electron chi connectivity index (χ3n) is 5.03. The van der Waals surface area contributed by atoms with E-state index in [1.54, 1.807) is 4.90 Å². The van der Waals surface area contributed by atoms with Gasteiger partial charge in [0.05, 0.1) is 30.3 Å². The second-order valence-electron chi connectivity index (χ2n) is 6.93. The summed E-state index contributed by atoms with van der Waals surface area (Å²) < 4.78 is 0. The Morgan fingerprint density at radius 2 is 1.90 bits per heavy atom. The Morgan fingerprint density at radius 3 is 2.55 bits per heavy atom. The molecule has 9 heteroatoms. The lowest BCUT2D eigenvalue weighted by molar-refractivity contribution is -0.131. The van der Waals surface area contributed by atoms with Gasteiger partial charge >= 0.3 is 0 Å². The number of H-pyrrole nitrogens is 1. The molecular weight excluding hydrogens is 370 g/mol. The second kappa shape index (κ2) is 8.89. The average Bonchev–Trinajstić information content (AvgIpc) is 3.18. The number of para-hydroxylation sites is 1. The van der Waals surface area contributed by atoms with Gasteiger partial charge in [0, 0.05) is 18.8 Å². The van der Waals surface area contributed by atoms with E-state index in [1.807, 2.05) is 36.4 Å². The summed E-state index contributed by atoms with van der Waals surface area (Å²) in [6.45, 7) is 0.784. The fourth-order valence-corrected chi connectivity index (χ4v) is 3.39. The van der Waals surface area contributed by atoms with Crippen LogP contribution in [0.25, 0.3) is 0 Å². The summed E-state index contributed by atoms with van der Waals surface area (Å²) in [5.41, 5.74) is 0.423. The number of likely N-dealkylation sites (tertiary alicyclic amines) is 1. The smallest absolute Gasteiger partial charge is 0.257 e. The van der Waals surface area contributed by atoms with Gasteiger partial charge < -0.3 is 15.5 Å². The fourth-order valence-electron chi connectivity index (χ4n) is 3.39. The van der Waals surface area contributed by atoms with Gasteiger partial charge in [0.1, 0.15) is 17.8 Å². The van der Waals surface area contributed by atoms with Gasteiger partial charge in [-0.25, -0.2) is 0 Å². The number of nitriles is 2. The molecule has 0 spiro atoms. The number of aromatic nitrogens is 2. The maximum absolute atomic E-state index is 12.9. The molecule has 148 valence electrons. The van der Waals surface area contributed by atoms with Gasteiger partial charge in [-0.2, -0.15) is 15.6 Å². The topological polar surface area (TPSA) is 138 Å². The predicted molar refractivity (Wildman–Crippen MR) is 105 cm³/mol. The summed E-state index contributed by atoms with van der Waals surface area (Å²) in [4.78, 5) is 26.5. The molecule has 1 aromatic heterocycles. The number of carbonyl (C=O) groups excluding carboxylic acids is 2. The molecule has 2 heterocycles. The molecule has 0 unspecified atom stereocenters. The highest BCUT2D eigenvalue weighted by Gasteiger charge is 2.37. The van der Waals surface area contributed by atoms with Gasteiger partial charge in [-0.3, -0.25) is 14.7 Å². The number of hydrogen-bond donors (Lipinski definition) is 3. The summed E-state index contributed by atoms with van der Waals surface area (Å²) in [6, 6.07) is 13.4. The van der Waals surface area contributed by atoms with Gasteiger partial charge in [-0.15, -0.1) is 0 Å².